The van der Waals surface area contributed by atoms with Gasteiger partial charge in [0.1, 0.15) is 5.69 Å². The van der Waals surface area contributed by atoms with Gasteiger partial charge in [0.25, 0.3) is 11.5 Å². The van der Waals surface area contributed by atoms with Gasteiger partial charge in [-0.3, -0.25) is 19.4 Å². The van der Waals surface area contributed by atoms with E-state index in [4.69, 9.17) is 0 Å². The van der Waals surface area contributed by atoms with Crippen molar-refractivity contribution in [1.82, 2.24) is 29.3 Å². The summed E-state index contributed by atoms with van der Waals surface area (Å²) in [5.41, 5.74) is 3.66. The number of H-pyrrole nitrogens is 1. The van der Waals surface area contributed by atoms with E-state index in [1.807, 2.05) is 24.8 Å². The molecule has 4 rings (SSSR count). The van der Waals surface area contributed by atoms with E-state index in [0.717, 1.165) is 36.3 Å². The van der Waals surface area contributed by atoms with Gasteiger partial charge in [-0.05, 0) is 32.3 Å². The monoisotopic (exact) mass is 368 g/mol. The molecule has 27 heavy (non-hydrogen) atoms. The largest absolute Gasteiger partial charge is 0.337 e. The fraction of sp³-hybridized carbons (Fsp3) is 0.474. The molecule has 8 heteroatoms. The van der Waals surface area contributed by atoms with E-state index in [0.29, 0.717) is 24.3 Å². The van der Waals surface area contributed by atoms with E-state index < -0.39 is 0 Å². The summed E-state index contributed by atoms with van der Waals surface area (Å²) in [6.45, 7) is 5.19. The third-order valence-corrected chi connectivity index (χ3v) is 5.48. The highest BCUT2D eigenvalue weighted by atomic mass is 16.2. The molecule has 3 aromatic rings. The van der Waals surface area contributed by atoms with E-state index in [2.05, 4.69) is 15.2 Å². The van der Waals surface area contributed by atoms with E-state index in [-0.39, 0.29) is 17.4 Å². The van der Waals surface area contributed by atoms with Gasteiger partial charge in [-0.1, -0.05) is 6.92 Å². The Balaban J connectivity index is 1.63. The quantitative estimate of drug-likeness (QED) is 0.761. The van der Waals surface area contributed by atoms with Crippen LogP contribution in [-0.2, 0) is 13.5 Å². The average molecular weight is 368 g/mol. The number of aryl methyl sites for hydroxylation is 2. The zero-order valence-corrected chi connectivity index (χ0v) is 15.9. The summed E-state index contributed by atoms with van der Waals surface area (Å²) in [6, 6.07) is 3.68. The van der Waals surface area contributed by atoms with Crippen LogP contribution >= 0.6 is 0 Å². The van der Waals surface area contributed by atoms with Crippen LogP contribution in [0.4, 0.5) is 0 Å². The van der Waals surface area contributed by atoms with Crippen molar-refractivity contribution in [3.8, 4) is 0 Å². The fourth-order valence-corrected chi connectivity index (χ4v) is 3.97. The van der Waals surface area contributed by atoms with Gasteiger partial charge in [-0.15, -0.1) is 0 Å². The van der Waals surface area contributed by atoms with Crippen molar-refractivity contribution in [3.63, 3.8) is 0 Å². The van der Waals surface area contributed by atoms with Gasteiger partial charge in [0.15, 0.2) is 5.65 Å². The van der Waals surface area contributed by atoms with Crippen LogP contribution in [0.25, 0.3) is 5.65 Å². The summed E-state index contributed by atoms with van der Waals surface area (Å²) in [5, 5.41) is 7.32. The van der Waals surface area contributed by atoms with Crippen LogP contribution < -0.4 is 5.56 Å². The molecule has 3 aromatic heterocycles. The minimum absolute atomic E-state index is 0.00443. The number of piperidine rings is 1. The topological polar surface area (TPSA) is 88.3 Å². The van der Waals surface area contributed by atoms with Crippen molar-refractivity contribution in [1.29, 1.82) is 0 Å². The van der Waals surface area contributed by atoms with E-state index in [1.54, 1.807) is 24.0 Å². The lowest BCUT2D eigenvalue weighted by atomic mass is 9.94. The van der Waals surface area contributed by atoms with Crippen molar-refractivity contribution < 1.29 is 4.79 Å². The lowest BCUT2D eigenvalue weighted by Crippen LogP contribution is -2.40. The SMILES string of the molecule is CCc1c(C)nc2cc([C@H]3CCCN(C(=O)c4ccnn4C)C3)[nH]n2c1=O. The van der Waals surface area contributed by atoms with E-state index in [9.17, 15) is 9.59 Å². The summed E-state index contributed by atoms with van der Waals surface area (Å²) < 4.78 is 3.14. The number of aromatic amines is 1. The molecule has 1 aliphatic rings. The Labute approximate surface area is 156 Å². The van der Waals surface area contributed by atoms with Gasteiger partial charge in [-0.2, -0.15) is 5.10 Å². The third kappa shape index (κ3) is 2.94. The number of amides is 1. The fourth-order valence-electron chi connectivity index (χ4n) is 3.97. The molecule has 8 nitrogen and oxygen atoms in total. The van der Waals surface area contributed by atoms with Gasteiger partial charge < -0.3 is 4.90 Å². The van der Waals surface area contributed by atoms with Crippen molar-refractivity contribution >= 4 is 11.6 Å². The Morgan fingerprint density at radius 1 is 1.41 bits per heavy atom. The van der Waals surface area contributed by atoms with Crippen LogP contribution in [0.15, 0.2) is 23.1 Å². The molecule has 1 aliphatic heterocycles. The minimum Gasteiger partial charge on any atom is -0.337 e. The van der Waals surface area contributed by atoms with Crippen LogP contribution in [0.2, 0.25) is 0 Å². The molecule has 1 saturated heterocycles. The van der Waals surface area contributed by atoms with Crippen molar-refractivity contribution in [2.75, 3.05) is 13.1 Å². The molecule has 0 aromatic carbocycles. The number of carbonyl (C=O) groups excluding carboxylic acids is 1. The van der Waals surface area contributed by atoms with Gasteiger partial charge in [0.05, 0.1) is 0 Å². The Hall–Kier alpha value is -2.90. The van der Waals surface area contributed by atoms with Gasteiger partial charge >= 0.3 is 0 Å². The molecule has 0 bridgehead atoms. The highest BCUT2D eigenvalue weighted by Gasteiger charge is 2.28. The Morgan fingerprint density at radius 2 is 2.22 bits per heavy atom. The number of fused-ring (bicyclic) bond motifs is 1. The van der Waals surface area contributed by atoms with Crippen LogP contribution in [0.1, 0.15) is 53.1 Å². The first kappa shape index (κ1) is 17.5. The summed E-state index contributed by atoms with van der Waals surface area (Å²) in [7, 11) is 1.78. The molecule has 1 atom stereocenters. The standard InChI is InChI=1S/C19H24N6O2/c1-4-14-12(2)21-17-10-15(22-25(17)18(14)26)13-6-5-9-24(11-13)19(27)16-7-8-20-23(16)3/h7-8,10,13,22H,4-6,9,11H2,1-3H3/t13-/m0/s1. The predicted octanol–water partition coefficient (Wildman–Crippen LogP) is 1.65. The van der Waals surface area contributed by atoms with Crippen LogP contribution in [0, 0.1) is 6.92 Å². The van der Waals surface area contributed by atoms with E-state index >= 15 is 0 Å². The number of rotatable bonds is 3. The van der Waals surface area contributed by atoms with E-state index in [1.165, 1.54) is 4.52 Å². The number of nitrogens with one attached hydrogen (secondary N) is 1. The number of aromatic nitrogens is 5. The number of likely N-dealkylation sites (tertiary alicyclic amines) is 1. The van der Waals surface area contributed by atoms with Crippen LogP contribution in [0.3, 0.4) is 0 Å². The highest BCUT2D eigenvalue weighted by molar-refractivity contribution is 5.92. The maximum atomic E-state index is 12.8. The Bertz CT molecular complexity index is 1060. The lowest BCUT2D eigenvalue weighted by molar-refractivity contribution is 0.0694. The third-order valence-electron chi connectivity index (χ3n) is 5.48. The zero-order valence-electron chi connectivity index (χ0n) is 15.9. The second kappa shape index (κ2) is 6.68. The van der Waals surface area contributed by atoms with Gasteiger partial charge in [0.2, 0.25) is 0 Å². The molecule has 4 heterocycles. The zero-order chi connectivity index (χ0) is 19.1. The maximum Gasteiger partial charge on any atom is 0.276 e. The molecule has 0 radical (unpaired) electrons. The number of carbonyl (C=O) groups is 1. The van der Waals surface area contributed by atoms with Crippen molar-refractivity contribution in [2.24, 2.45) is 7.05 Å². The number of nitrogens with zero attached hydrogens (tertiary/aromatic N) is 5. The van der Waals surface area contributed by atoms with Crippen molar-refractivity contribution in [2.45, 2.75) is 39.0 Å². The molecular weight excluding hydrogens is 344 g/mol. The molecule has 0 spiro atoms. The molecule has 142 valence electrons. The smallest absolute Gasteiger partial charge is 0.276 e. The molecular formula is C19H24N6O2. The summed E-state index contributed by atoms with van der Waals surface area (Å²) in [4.78, 5) is 31.9. The highest BCUT2D eigenvalue weighted by Crippen LogP contribution is 2.27. The minimum atomic E-state index is -0.0372. The maximum absolute atomic E-state index is 12.8. The molecule has 1 fully saturated rings. The first-order valence-electron chi connectivity index (χ1n) is 9.38. The van der Waals surface area contributed by atoms with Crippen molar-refractivity contribution in [3.05, 3.63) is 51.3 Å². The second-order valence-electron chi connectivity index (χ2n) is 7.17. The predicted molar refractivity (Wildman–Crippen MR) is 101 cm³/mol. The number of hydrogen-bond acceptors (Lipinski definition) is 4. The Morgan fingerprint density at radius 3 is 2.93 bits per heavy atom. The lowest BCUT2D eigenvalue weighted by Gasteiger charge is -2.32. The summed E-state index contributed by atoms with van der Waals surface area (Å²) in [6.07, 6.45) is 4.19. The summed E-state index contributed by atoms with van der Waals surface area (Å²) >= 11 is 0. The first-order valence-corrected chi connectivity index (χ1v) is 9.38. The average Bonchev–Trinajstić information content (AvgIpc) is 3.28. The van der Waals surface area contributed by atoms with Gasteiger partial charge in [0, 0.05) is 55.3 Å². The second-order valence-corrected chi connectivity index (χ2v) is 7.17. The van der Waals surface area contributed by atoms with Gasteiger partial charge in [-0.25, -0.2) is 9.50 Å². The molecule has 0 saturated carbocycles. The molecule has 1 N–H and O–H groups in total. The number of hydrogen-bond donors (Lipinski definition) is 1. The molecule has 1 amide bonds. The molecule has 0 unspecified atom stereocenters. The molecule has 0 aliphatic carbocycles. The van der Waals surface area contributed by atoms with Crippen LogP contribution in [0.5, 0.6) is 0 Å². The van der Waals surface area contributed by atoms with Crippen LogP contribution in [-0.4, -0.2) is 48.3 Å². The first-order chi connectivity index (χ1) is 13.0. The normalized spacial score (nSPS) is 17.6. The summed E-state index contributed by atoms with van der Waals surface area (Å²) in [5.74, 6) is 0.151. The Kier molecular flexibility index (Phi) is 4.33.